The first-order chi connectivity index (χ1) is 16.0. The van der Waals surface area contributed by atoms with Gasteiger partial charge in [-0.1, -0.05) is 12.1 Å². The molecule has 1 aliphatic rings. The van der Waals surface area contributed by atoms with Gasteiger partial charge in [0.1, 0.15) is 22.5 Å². The molecule has 0 fully saturated rings. The molecule has 1 aliphatic carbocycles. The molecule has 1 aromatic carbocycles. The number of fused-ring (bicyclic) bond motifs is 3. The second-order valence-electron chi connectivity index (χ2n) is 8.34. The Balaban J connectivity index is 1.36. The topological polar surface area (TPSA) is 81.8 Å². The van der Waals surface area contributed by atoms with E-state index in [4.69, 9.17) is 0 Å². The van der Waals surface area contributed by atoms with E-state index in [0.29, 0.717) is 16.8 Å². The van der Waals surface area contributed by atoms with Gasteiger partial charge in [-0.2, -0.15) is 0 Å². The van der Waals surface area contributed by atoms with Gasteiger partial charge < -0.3 is 9.88 Å². The van der Waals surface area contributed by atoms with Gasteiger partial charge in [0.2, 0.25) is 5.91 Å². The SMILES string of the molecule is Cn1ccnc1C(NC(=O)CCn1cnc2sc3c(c2c1=O)CCCC3)c1cccc(F)c1. The van der Waals surface area contributed by atoms with E-state index < -0.39 is 6.04 Å². The highest BCUT2D eigenvalue weighted by atomic mass is 32.1. The van der Waals surface area contributed by atoms with E-state index in [-0.39, 0.29) is 30.2 Å². The van der Waals surface area contributed by atoms with Crippen molar-refractivity contribution in [3.8, 4) is 0 Å². The van der Waals surface area contributed by atoms with Gasteiger partial charge in [-0.25, -0.2) is 14.4 Å². The highest BCUT2D eigenvalue weighted by Gasteiger charge is 2.22. The number of rotatable bonds is 6. The van der Waals surface area contributed by atoms with Crippen molar-refractivity contribution in [1.82, 2.24) is 24.4 Å². The summed E-state index contributed by atoms with van der Waals surface area (Å²) >= 11 is 1.61. The molecule has 9 heteroatoms. The lowest BCUT2D eigenvalue weighted by atomic mass is 9.97. The fraction of sp³-hybridized carbons (Fsp3) is 0.333. The van der Waals surface area contributed by atoms with Crippen molar-refractivity contribution in [3.63, 3.8) is 0 Å². The molecule has 33 heavy (non-hydrogen) atoms. The molecule has 170 valence electrons. The van der Waals surface area contributed by atoms with Gasteiger partial charge in [0, 0.05) is 37.3 Å². The Bertz CT molecular complexity index is 1390. The second kappa shape index (κ2) is 8.90. The van der Waals surface area contributed by atoms with E-state index >= 15 is 0 Å². The summed E-state index contributed by atoms with van der Waals surface area (Å²) in [5, 5.41) is 3.66. The summed E-state index contributed by atoms with van der Waals surface area (Å²) in [5.74, 6) is -0.0447. The zero-order chi connectivity index (χ0) is 22.9. The maximum absolute atomic E-state index is 13.9. The van der Waals surface area contributed by atoms with Gasteiger partial charge >= 0.3 is 0 Å². The Kier molecular flexibility index (Phi) is 5.80. The normalized spacial score (nSPS) is 14.2. The third kappa shape index (κ3) is 4.20. The molecule has 4 aromatic rings. The number of imidazole rings is 1. The minimum absolute atomic E-state index is 0.0852. The zero-order valence-electron chi connectivity index (χ0n) is 18.3. The minimum atomic E-state index is -0.602. The third-order valence-corrected chi connectivity index (χ3v) is 7.33. The Morgan fingerprint density at radius 3 is 2.91 bits per heavy atom. The Morgan fingerprint density at radius 1 is 1.27 bits per heavy atom. The summed E-state index contributed by atoms with van der Waals surface area (Å²) in [6.45, 7) is 0.217. The van der Waals surface area contributed by atoms with Crippen molar-refractivity contribution in [2.24, 2.45) is 7.05 Å². The van der Waals surface area contributed by atoms with Crippen molar-refractivity contribution >= 4 is 27.5 Å². The number of hydrogen-bond donors (Lipinski definition) is 1. The van der Waals surface area contributed by atoms with Crippen molar-refractivity contribution in [1.29, 1.82) is 0 Å². The monoisotopic (exact) mass is 465 g/mol. The van der Waals surface area contributed by atoms with E-state index in [0.717, 1.165) is 36.1 Å². The highest BCUT2D eigenvalue weighted by molar-refractivity contribution is 7.18. The Labute approximate surface area is 193 Å². The van der Waals surface area contributed by atoms with Gasteiger partial charge in [0.15, 0.2) is 0 Å². The molecule has 1 N–H and O–H groups in total. The molecule has 3 aromatic heterocycles. The number of benzene rings is 1. The lowest BCUT2D eigenvalue weighted by Crippen LogP contribution is -2.32. The summed E-state index contributed by atoms with van der Waals surface area (Å²) in [7, 11) is 1.82. The molecule has 1 amide bonds. The van der Waals surface area contributed by atoms with Crippen LogP contribution in [0.3, 0.4) is 0 Å². The number of carbonyl (C=O) groups is 1. The molecule has 1 unspecified atom stereocenters. The summed E-state index contributed by atoms with van der Waals surface area (Å²) in [6, 6.07) is 5.51. The van der Waals surface area contributed by atoms with Gasteiger partial charge in [0.25, 0.3) is 5.56 Å². The summed E-state index contributed by atoms with van der Waals surface area (Å²) in [5.41, 5.74) is 1.65. The Morgan fingerprint density at radius 2 is 2.12 bits per heavy atom. The van der Waals surface area contributed by atoms with E-state index in [1.165, 1.54) is 27.9 Å². The number of hydrogen-bond acceptors (Lipinski definition) is 5. The molecule has 0 spiro atoms. The molecule has 0 bridgehead atoms. The number of nitrogens with zero attached hydrogens (tertiary/aromatic N) is 4. The fourth-order valence-electron chi connectivity index (χ4n) is 4.43. The van der Waals surface area contributed by atoms with Crippen LogP contribution >= 0.6 is 11.3 Å². The van der Waals surface area contributed by atoms with Crippen molar-refractivity contribution < 1.29 is 9.18 Å². The number of aryl methyl sites for hydroxylation is 4. The molecule has 0 radical (unpaired) electrons. The minimum Gasteiger partial charge on any atom is -0.342 e. The van der Waals surface area contributed by atoms with Crippen LogP contribution in [-0.2, 0) is 31.2 Å². The number of carbonyl (C=O) groups excluding carboxylic acids is 1. The van der Waals surface area contributed by atoms with E-state index in [1.54, 1.807) is 40.4 Å². The van der Waals surface area contributed by atoms with Crippen LogP contribution in [-0.4, -0.2) is 25.0 Å². The molecule has 0 saturated heterocycles. The molecule has 3 heterocycles. The van der Waals surface area contributed by atoms with Crippen LogP contribution in [0, 0.1) is 5.82 Å². The molecular weight excluding hydrogens is 441 g/mol. The predicted octanol–water partition coefficient (Wildman–Crippen LogP) is 3.51. The predicted molar refractivity (Wildman–Crippen MR) is 125 cm³/mol. The molecule has 1 atom stereocenters. The van der Waals surface area contributed by atoms with Crippen LogP contribution in [0.2, 0.25) is 0 Å². The summed E-state index contributed by atoms with van der Waals surface area (Å²) in [4.78, 5) is 36.9. The maximum Gasteiger partial charge on any atom is 0.262 e. The van der Waals surface area contributed by atoms with E-state index in [2.05, 4.69) is 15.3 Å². The van der Waals surface area contributed by atoms with E-state index in [9.17, 15) is 14.0 Å². The summed E-state index contributed by atoms with van der Waals surface area (Å²) < 4.78 is 17.2. The highest BCUT2D eigenvalue weighted by Crippen LogP contribution is 2.33. The van der Waals surface area contributed by atoms with Crippen LogP contribution in [0.15, 0.2) is 47.8 Å². The van der Waals surface area contributed by atoms with Crippen LogP contribution in [0.25, 0.3) is 10.2 Å². The fourth-order valence-corrected chi connectivity index (χ4v) is 5.65. The Hall–Kier alpha value is -3.33. The average Bonchev–Trinajstić information content (AvgIpc) is 3.40. The van der Waals surface area contributed by atoms with Crippen LogP contribution in [0.5, 0.6) is 0 Å². The maximum atomic E-state index is 13.9. The second-order valence-corrected chi connectivity index (χ2v) is 9.42. The molecule has 7 nitrogen and oxygen atoms in total. The first-order valence-corrected chi connectivity index (χ1v) is 11.8. The number of nitrogens with one attached hydrogen (secondary N) is 1. The van der Waals surface area contributed by atoms with Gasteiger partial charge in [-0.05, 0) is 48.9 Å². The number of halogens is 1. The van der Waals surface area contributed by atoms with E-state index in [1.807, 2.05) is 7.05 Å². The first-order valence-electron chi connectivity index (χ1n) is 11.0. The van der Waals surface area contributed by atoms with Crippen LogP contribution < -0.4 is 10.9 Å². The molecule has 0 saturated carbocycles. The van der Waals surface area contributed by atoms with Gasteiger partial charge in [0.05, 0.1) is 11.7 Å². The standard InChI is InChI=1S/C24H24FN5O2S/c1-29-12-10-26-22(29)21(15-5-4-6-16(25)13-15)28-19(31)9-11-30-14-27-23-20(24(30)32)17-7-2-3-8-18(17)33-23/h4-6,10,12-14,21H,2-3,7-9,11H2,1H3,(H,28,31). The van der Waals surface area contributed by atoms with Gasteiger partial charge in [-0.3, -0.25) is 14.2 Å². The van der Waals surface area contributed by atoms with Crippen LogP contribution in [0.4, 0.5) is 4.39 Å². The largest absolute Gasteiger partial charge is 0.342 e. The lowest BCUT2D eigenvalue weighted by Gasteiger charge is -2.19. The zero-order valence-corrected chi connectivity index (χ0v) is 19.1. The first kappa shape index (κ1) is 21.5. The number of aromatic nitrogens is 4. The lowest BCUT2D eigenvalue weighted by molar-refractivity contribution is -0.121. The molecule has 0 aliphatic heterocycles. The van der Waals surface area contributed by atoms with Crippen molar-refractivity contribution in [2.75, 3.05) is 0 Å². The molecule has 5 rings (SSSR count). The molecular formula is C24H24FN5O2S. The number of thiophene rings is 1. The smallest absolute Gasteiger partial charge is 0.262 e. The number of amides is 1. The van der Waals surface area contributed by atoms with Crippen molar-refractivity contribution in [2.45, 2.75) is 44.7 Å². The third-order valence-electron chi connectivity index (χ3n) is 6.13. The van der Waals surface area contributed by atoms with Gasteiger partial charge in [-0.15, -0.1) is 11.3 Å². The van der Waals surface area contributed by atoms with Crippen LogP contribution in [0.1, 0.15) is 47.1 Å². The summed E-state index contributed by atoms with van der Waals surface area (Å²) in [6.07, 6.45) is 9.19. The van der Waals surface area contributed by atoms with Crippen molar-refractivity contribution in [3.05, 3.63) is 81.0 Å². The average molecular weight is 466 g/mol. The quantitative estimate of drug-likeness (QED) is 0.473.